The molecule has 0 aliphatic heterocycles. The lowest BCUT2D eigenvalue weighted by Gasteiger charge is -2.26. The largest absolute Gasteiger partial charge is 0.390 e. The van der Waals surface area contributed by atoms with Crippen molar-refractivity contribution in [1.29, 1.82) is 0 Å². The fraction of sp³-hybridized carbons (Fsp3) is 1.00. The third-order valence-corrected chi connectivity index (χ3v) is 2.21. The first-order valence-corrected chi connectivity index (χ1v) is 4.75. The third-order valence-electron chi connectivity index (χ3n) is 2.21. The van der Waals surface area contributed by atoms with Crippen LogP contribution in [0.1, 0.15) is 26.7 Å². The zero-order valence-electron chi connectivity index (χ0n) is 8.93. The molecule has 0 aromatic heterocycles. The lowest BCUT2D eigenvalue weighted by atomic mass is 10.1. The van der Waals surface area contributed by atoms with E-state index in [1.165, 1.54) is 0 Å². The summed E-state index contributed by atoms with van der Waals surface area (Å²) in [5, 5.41) is 0. The summed E-state index contributed by atoms with van der Waals surface area (Å²) in [6.07, 6.45) is -4.11. The third kappa shape index (κ3) is 7.15. The van der Waals surface area contributed by atoms with Gasteiger partial charge in [0.2, 0.25) is 0 Å². The summed E-state index contributed by atoms with van der Waals surface area (Å²) in [5.74, 6) is 0. The van der Waals surface area contributed by atoms with E-state index in [0.29, 0.717) is 6.42 Å². The molecular formula is C9H19F3N2. The molecule has 0 saturated heterocycles. The van der Waals surface area contributed by atoms with Gasteiger partial charge < -0.3 is 10.6 Å². The van der Waals surface area contributed by atoms with Crippen molar-refractivity contribution in [2.75, 3.05) is 13.6 Å². The molecule has 0 amide bonds. The molecule has 14 heavy (non-hydrogen) atoms. The highest BCUT2D eigenvalue weighted by Crippen LogP contribution is 2.20. The van der Waals surface area contributed by atoms with E-state index in [1.807, 2.05) is 13.8 Å². The molecule has 0 rings (SSSR count). The van der Waals surface area contributed by atoms with Gasteiger partial charge in [0.1, 0.15) is 0 Å². The van der Waals surface area contributed by atoms with Crippen LogP contribution in [0.25, 0.3) is 0 Å². The zero-order chi connectivity index (χ0) is 11.4. The van der Waals surface area contributed by atoms with Crippen molar-refractivity contribution in [1.82, 2.24) is 4.90 Å². The van der Waals surface area contributed by atoms with Crippen LogP contribution < -0.4 is 5.73 Å². The molecule has 2 unspecified atom stereocenters. The van der Waals surface area contributed by atoms with Gasteiger partial charge in [-0.3, -0.25) is 0 Å². The van der Waals surface area contributed by atoms with E-state index in [-0.39, 0.29) is 18.6 Å². The first kappa shape index (κ1) is 13.7. The normalized spacial score (nSPS) is 17.1. The number of hydrogen-bond acceptors (Lipinski definition) is 2. The summed E-state index contributed by atoms with van der Waals surface area (Å²) in [6.45, 7) is 3.78. The topological polar surface area (TPSA) is 29.3 Å². The van der Waals surface area contributed by atoms with Gasteiger partial charge in [-0.2, -0.15) is 13.2 Å². The first-order chi connectivity index (χ1) is 6.22. The van der Waals surface area contributed by atoms with Crippen LogP contribution in [0.5, 0.6) is 0 Å². The Hall–Kier alpha value is -0.290. The van der Waals surface area contributed by atoms with Gasteiger partial charge in [-0.15, -0.1) is 0 Å². The number of rotatable bonds is 5. The lowest BCUT2D eigenvalue weighted by Crippen LogP contribution is -2.36. The second kappa shape index (κ2) is 5.56. The molecular weight excluding hydrogens is 193 g/mol. The van der Waals surface area contributed by atoms with Crippen LogP contribution >= 0.6 is 0 Å². The Labute approximate surface area is 83.3 Å². The van der Waals surface area contributed by atoms with Gasteiger partial charge in [0, 0.05) is 18.6 Å². The minimum absolute atomic E-state index is 0.0262. The summed E-state index contributed by atoms with van der Waals surface area (Å²) in [6, 6.07) is 0.121. The fourth-order valence-electron chi connectivity index (χ4n) is 1.24. The van der Waals surface area contributed by atoms with Crippen molar-refractivity contribution in [3.63, 3.8) is 0 Å². The Bertz CT molecular complexity index is 157. The molecule has 0 aliphatic rings. The van der Waals surface area contributed by atoms with Gasteiger partial charge in [-0.1, -0.05) is 0 Å². The quantitative estimate of drug-likeness (QED) is 0.755. The van der Waals surface area contributed by atoms with Crippen LogP contribution in [-0.4, -0.2) is 36.8 Å². The molecule has 86 valence electrons. The highest BCUT2D eigenvalue weighted by Gasteiger charge is 2.27. The first-order valence-electron chi connectivity index (χ1n) is 4.75. The number of alkyl halides is 3. The highest BCUT2D eigenvalue weighted by atomic mass is 19.4. The monoisotopic (exact) mass is 212 g/mol. The van der Waals surface area contributed by atoms with Crippen molar-refractivity contribution in [3.8, 4) is 0 Å². The van der Waals surface area contributed by atoms with E-state index in [1.54, 1.807) is 11.9 Å². The van der Waals surface area contributed by atoms with E-state index in [4.69, 9.17) is 5.73 Å². The Kier molecular flexibility index (Phi) is 5.44. The van der Waals surface area contributed by atoms with Crippen molar-refractivity contribution in [3.05, 3.63) is 0 Å². The minimum Gasteiger partial charge on any atom is -0.328 e. The molecule has 0 spiro atoms. The van der Waals surface area contributed by atoms with Crippen molar-refractivity contribution in [2.24, 2.45) is 5.73 Å². The van der Waals surface area contributed by atoms with E-state index in [9.17, 15) is 13.2 Å². The van der Waals surface area contributed by atoms with Gasteiger partial charge in [-0.05, 0) is 27.3 Å². The molecule has 2 nitrogen and oxygen atoms in total. The number of nitrogens with zero attached hydrogens (tertiary/aromatic N) is 1. The Balaban J connectivity index is 3.78. The Morgan fingerprint density at radius 1 is 1.29 bits per heavy atom. The van der Waals surface area contributed by atoms with Gasteiger partial charge in [-0.25, -0.2) is 0 Å². The molecule has 5 heteroatoms. The highest BCUT2D eigenvalue weighted by molar-refractivity contribution is 4.69. The minimum atomic E-state index is -4.07. The van der Waals surface area contributed by atoms with Crippen molar-refractivity contribution < 1.29 is 13.2 Å². The molecule has 2 N–H and O–H groups in total. The van der Waals surface area contributed by atoms with E-state index in [0.717, 1.165) is 0 Å². The molecule has 0 aromatic carbocycles. The maximum atomic E-state index is 11.9. The zero-order valence-corrected chi connectivity index (χ0v) is 8.93. The van der Waals surface area contributed by atoms with E-state index < -0.39 is 12.6 Å². The summed E-state index contributed by atoms with van der Waals surface area (Å²) in [5.41, 5.74) is 5.56. The molecule has 0 saturated carbocycles. The molecule has 0 fully saturated rings. The molecule has 0 heterocycles. The van der Waals surface area contributed by atoms with Gasteiger partial charge in [0.15, 0.2) is 0 Å². The summed E-state index contributed by atoms with van der Waals surface area (Å²) >= 11 is 0. The Morgan fingerprint density at radius 3 is 2.14 bits per heavy atom. The molecule has 0 bridgehead atoms. The fourth-order valence-corrected chi connectivity index (χ4v) is 1.24. The van der Waals surface area contributed by atoms with Gasteiger partial charge in [0.25, 0.3) is 0 Å². The maximum absolute atomic E-state index is 11.9. The predicted octanol–water partition coefficient (Wildman–Crippen LogP) is 2.00. The SMILES string of the molecule is CC(N)CC(C)N(C)CCC(F)(F)F. The van der Waals surface area contributed by atoms with Gasteiger partial charge >= 0.3 is 6.18 Å². The van der Waals surface area contributed by atoms with Crippen LogP contribution in [0, 0.1) is 0 Å². The number of nitrogens with two attached hydrogens (primary N) is 1. The van der Waals surface area contributed by atoms with Crippen LogP contribution in [-0.2, 0) is 0 Å². The van der Waals surface area contributed by atoms with Crippen LogP contribution in [0.15, 0.2) is 0 Å². The lowest BCUT2D eigenvalue weighted by molar-refractivity contribution is -0.138. The van der Waals surface area contributed by atoms with Crippen LogP contribution in [0.4, 0.5) is 13.2 Å². The van der Waals surface area contributed by atoms with Gasteiger partial charge in [0.05, 0.1) is 6.42 Å². The summed E-state index contributed by atoms with van der Waals surface area (Å²) in [7, 11) is 1.69. The number of halogens is 3. The van der Waals surface area contributed by atoms with E-state index >= 15 is 0 Å². The van der Waals surface area contributed by atoms with E-state index in [2.05, 4.69) is 0 Å². The number of hydrogen-bond donors (Lipinski definition) is 1. The van der Waals surface area contributed by atoms with Crippen molar-refractivity contribution in [2.45, 2.75) is 44.9 Å². The van der Waals surface area contributed by atoms with Crippen LogP contribution in [0.3, 0.4) is 0 Å². The molecule has 2 atom stereocenters. The van der Waals surface area contributed by atoms with Crippen LogP contribution in [0.2, 0.25) is 0 Å². The molecule has 0 radical (unpaired) electrons. The summed E-state index contributed by atoms with van der Waals surface area (Å²) < 4.78 is 35.7. The summed E-state index contributed by atoms with van der Waals surface area (Å²) in [4.78, 5) is 1.69. The second-order valence-corrected chi connectivity index (χ2v) is 3.91. The second-order valence-electron chi connectivity index (χ2n) is 3.91. The average Bonchev–Trinajstić information content (AvgIpc) is 1.97. The molecule has 0 aromatic rings. The molecule has 0 aliphatic carbocycles. The average molecular weight is 212 g/mol. The Morgan fingerprint density at radius 2 is 1.79 bits per heavy atom. The standard InChI is InChI=1S/C9H19F3N2/c1-7(13)6-8(2)14(3)5-4-9(10,11)12/h7-8H,4-6,13H2,1-3H3. The smallest absolute Gasteiger partial charge is 0.328 e. The predicted molar refractivity (Wildman–Crippen MR) is 51.0 cm³/mol. The maximum Gasteiger partial charge on any atom is 0.390 e. The van der Waals surface area contributed by atoms with Crippen molar-refractivity contribution >= 4 is 0 Å².